The Labute approximate surface area is 195 Å². The molecule has 1 fully saturated rings. The van der Waals surface area contributed by atoms with Gasteiger partial charge in [-0.05, 0) is 25.0 Å². The molecule has 2 N–H and O–H groups in total. The summed E-state index contributed by atoms with van der Waals surface area (Å²) in [7, 11) is 0. The number of fused-ring (bicyclic) bond motifs is 2. The third-order valence-electron chi connectivity index (χ3n) is 6.80. The maximum Gasteiger partial charge on any atom is 0.255 e. The first-order valence-electron chi connectivity index (χ1n) is 11.4. The van der Waals surface area contributed by atoms with E-state index in [9.17, 15) is 9.59 Å². The predicted octanol–water partition coefficient (Wildman–Crippen LogP) is 1.59. The van der Waals surface area contributed by atoms with Crippen LogP contribution in [0.2, 0.25) is 0 Å². The van der Waals surface area contributed by atoms with E-state index in [2.05, 4.69) is 35.3 Å². The van der Waals surface area contributed by atoms with Crippen LogP contribution < -0.4 is 5.32 Å². The van der Waals surface area contributed by atoms with E-state index in [-0.39, 0.29) is 17.7 Å². The summed E-state index contributed by atoms with van der Waals surface area (Å²) in [6, 6.07) is 11.5. The lowest BCUT2D eigenvalue weighted by Crippen LogP contribution is -2.69. The van der Waals surface area contributed by atoms with Crippen molar-refractivity contribution >= 4 is 23.0 Å². The highest BCUT2D eigenvalue weighted by Gasteiger charge is 2.48. The van der Waals surface area contributed by atoms with Crippen LogP contribution in [0.3, 0.4) is 0 Å². The van der Waals surface area contributed by atoms with Gasteiger partial charge in [0.2, 0.25) is 11.6 Å². The molecule has 5 heterocycles. The van der Waals surface area contributed by atoms with Gasteiger partial charge in [0.15, 0.2) is 0 Å². The summed E-state index contributed by atoms with van der Waals surface area (Å²) in [6.45, 7) is 3.38. The summed E-state index contributed by atoms with van der Waals surface area (Å²) in [5.74, 6) is 0.774. The fourth-order valence-electron chi connectivity index (χ4n) is 5.02. The number of carbonyl (C=O) groups is 2. The molecule has 10 heteroatoms. The molecule has 2 amide bonds. The van der Waals surface area contributed by atoms with Crippen molar-refractivity contribution in [1.29, 1.82) is 0 Å². The van der Waals surface area contributed by atoms with Gasteiger partial charge in [-0.1, -0.05) is 30.3 Å². The number of aryl methyl sites for hydroxylation is 2. The predicted molar refractivity (Wildman–Crippen MR) is 123 cm³/mol. The standard InChI is InChI=1S/C24H24N8O2/c1-15-11-31-12-16(7-8-20(31)26-15)22(33)27-24(18-5-3-2-4-6-18)13-32(14-24)23(34)17-9-19-21(25-10-17)29-30-28-19/h2-6,9-11,16H,7-8,12-14H2,1H3,(H,27,33)(H,25,28,29,30). The molecular formula is C24H24N8O2. The molecule has 3 aromatic heterocycles. The first-order chi connectivity index (χ1) is 16.5. The van der Waals surface area contributed by atoms with E-state index < -0.39 is 5.54 Å². The maximum absolute atomic E-state index is 13.4. The van der Waals surface area contributed by atoms with Gasteiger partial charge < -0.3 is 14.8 Å². The molecule has 0 spiro atoms. The van der Waals surface area contributed by atoms with Gasteiger partial charge in [0.05, 0.1) is 30.3 Å². The third-order valence-corrected chi connectivity index (χ3v) is 6.80. The monoisotopic (exact) mass is 456 g/mol. The molecule has 2 aliphatic rings. The number of imidazole rings is 1. The molecule has 0 radical (unpaired) electrons. The number of benzene rings is 1. The summed E-state index contributed by atoms with van der Waals surface area (Å²) in [6.07, 6.45) is 5.07. The van der Waals surface area contributed by atoms with Crippen molar-refractivity contribution < 1.29 is 9.59 Å². The summed E-state index contributed by atoms with van der Waals surface area (Å²) >= 11 is 0. The number of aromatic nitrogens is 6. The molecule has 34 heavy (non-hydrogen) atoms. The number of nitrogens with one attached hydrogen (secondary N) is 2. The number of pyridine rings is 1. The zero-order valence-electron chi connectivity index (χ0n) is 18.7. The summed E-state index contributed by atoms with van der Waals surface area (Å²) in [5.41, 5.74) is 2.81. The number of amides is 2. The molecule has 0 saturated carbocycles. The van der Waals surface area contributed by atoms with Crippen LogP contribution in [0.5, 0.6) is 0 Å². The molecular weight excluding hydrogens is 432 g/mol. The average molecular weight is 457 g/mol. The lowest BCUT2D eigenvalue weighted by Gasteiger charge is -2.51. The average Bonchev–Trinajstić information content (AvgIpc) is 3.45. The summed E-state index contributed by atoms with van der Waals surface area (Å²) in [5, 5.41) is 13.8. The highest BCUT2D eigenvalue weighted by atomic mass is 16.2. The van der Waals surface area contributed by atoms with E-state index in [1.165, 1.54) is 6.20 Å². The second kappa shape index (κ2) is 7.75. The summed E-state index contributed by atoms with van der Waals surface area (Å²) in [4.78, 5) is 37.0. The molecule has 0 aliphatic carbocycles. The zero-order valence-corrected chi connectivity index (χ0v) is 18.7. The molecule has 4 aromatic rings. The lowest BCUT2D eigenvalue weighted by atomic mass is 9.81. The van der Waals surface area contributed by atoms with E-state index in [0.29, 0.717) is 36.4 Å². The number of likely N-dealkylation sites (tertiary alicyclic amines) is 1. The van der Waals surface area contributed by atoms with Crippen LogP contribution >= 0.6 is 0 Å². The Morgan fingerprint density at radius 2 is 2.00 bits per heavy atom. The molecule has 1 aromatic carbocycles. The number of hydrogen-bond donors (Lipinski definition) is 2. The van der Waals surface area contributed by atoms with Crippen LogP contribution in [0.25, 0.3) is 11.2 Å². The SMILES string of the molecule is Cc1cn2c(n1)CCC(C(=O)NC1(c3ccccc3)CN(C(=O)c3cnc4n[nH]nc4c3)C1)C2. The Hall–Kier alpha value is -4.08. The van der Waals surface area contributed by atoms with Gasteiger partial charge in [-0.2, -0.15) is 10.3 Å². The molecule has 10 nitrogen and oxygen atoms in total. The van der Waals surface area contributed by atoms with Crippen molar-refractivity contribution in [3.8, 4) is 0 Å². The van der Waals surface area contributed by atoms with Crippen molar-refractivity contribution in [3.63, 3.8) is 0 Å². The molecule has 172 valence electrons. The maximum atomic E-state index is 13.4. The minimum Gasteiger partial charge on any atom is -0.343 e. The minimum atomic E-state index is -0.620. The number of H-pyrrole nitrogens is 1. The largest absolute Gasteiger partial charge is 0.343 e. The molecule has 6 rings (SSSR count). The Morgan fingerprint density at radius 3 is 2.82 bits per heavy atom. The molecule has 0 bridgehead atoms. The summed E-state index contributed by atoms with van der Waals surface area (Å²) < 4.78 is 2.09. The van der Waals surface area contributed by atoms with Crippen LogP contribution in [0, 0.1) is 12.8 Å². The number of aromatic amines is 1. The first kappa shape index (κ1) is 20.5. The minimum absolute atomic E-state index is 0.0126. The van der Waals surface area contributed by atoms with Crippen LogP contribution in [0.4, 0.5) is 0 Å². The first-order valence-corrected chi connectivity index (χ1v) is 11.4. The highest BCUT2D eigenvalue weighted by molar-refractivity contribution is 5.97. The van der Waals surface area contributed by atoms with Gasteiger partial charge in [-0.15, -0.1) is 5.10 Å². The van der Waals surface area contributed by atoms with Gasteiger partial charge in [-0.3, -0.25) is 9.59 Å². The van der Waals surface area contributed by atoms with Gasteiger partial charge in [-0.25, -0.2) is 9.97 Å². The fraction of sp³-hybridized carbons (Fsp3) is 0.333. The van der Waals surface area contributed by atoms with Crippen LogP contribution in [0.15, 0.2) is 48.8 Å². The molecule has 1 unspecified atom stereocenters. The number of carbonyl (C=O) groups excluding carboxylic acids is 2. The van der Waals surface area contributed by atoms with Crippen molar-refractivity contribution in [1.82, 2.24) is 40.2 Å². The Bertz CT molecular complexity index is 1390. The normalized spacial score (nSPS) is 18.9. The molecule has 1 atom stereocenters. The molecule has 1 saturated heterocycles. The van der Waals surface area contributed by atoms with E-state index in [1.807, 2.05) is 43.5 Å². The third kappa shape index (κ3) is 3.42. The van der Waals surface area contributed by atoms with Crippen molar-refractivity contribution in [3.05, 3.63) is 71.4 Å². The Morgan fingerprint density at radius 1 is 1.18 bits per heavy atom. The molecule has 2 aliphatic heterocycles. The van der Waals surface area contributed by atoms with Crippen molar-refractivity contribution in [2.75, 3.05) is 13.1 Å². The van der Waals surface area contributed by atoms with E-state index >= 15 is 0 Å². The van der Waals surface area contributed by atoms with Gasteiger partial charge in [0, 0.05) is 25.4 Å². The van der Waals surface area contributed by atoms with Gasteiger partial charge in [0.25, 0.3) is 5.91 Å². The smallest absolute Gasteiger partial charge is 0.255 e. The quantitative estimate of drug-likeness (QED) is 0.481. The second-order valence-electron chi connectivity index (χ2n) is 9.18. The topological polar surface area (TPSA) is 122 Å². The van der Waals surface area contributed by atoms with Crippen LogP contribution in [-0.2, 0) is 23.3 Å². The van der Waals surface area contributed by atoms with Gasteiger partial charge in [0.1, 0.15) is 16.9 Å². The zero-order chi connectivity index (χ0) is 23.3. The number of rotatable bonds is 4. The Balaban J connectivity index is 1.21. The van der Waals surface area contributed by atoms with Crippen molar-refractivity contribution in [2.45, 2.75) is 31.8 Å². The second-order valence-corrected chi connectivity index (χ2v) is 9.18. The van der Waals surface area contributed by atoms with Gasteiger partial charge >= 0.3 is 0 Å². The number of nitrogens with zero attached hydrogens (tertiary/aromatic N) is 6. The Kier molecular flexibility index (Phi) is 4.68. The fourth-order valence-corrected chi connectivity index (χ4v) is 5.02. The van der Waals surface area contributed by atoms with E-state index in [1.54, 1.807) is 11.0 Å². The lowest BCUT2D eigenvalue weighted by molar-refractivity contribution is -0.130. The van der Waals surface area contributed by atoms with Crippen LogP contribution in [-0.4, -0.2) is 59.7 Å². The van der Waals surface area contributed by atoms with Crippen LogP contribution in [0.1, 0.15) is 33.9 Å². The number of hydrogen-bond acceptors (Lipinski definition) is 6. The highest BCUT2D eigenvalue weighted by Crippen LogP contribution is 2.34. The van der Waals surface area contributed by atoms with Crippen molar-refractivity contribution in [2.24, 2.45) is 5.92 Å². The van der Waals surface area contributed by atoms with E-state index in [0.717, 1.165) is 29.9 Å². The van der Waals surface area contributed by atoms with E-state index in [4.69, 9.17) is 0 Å².